The van der Waals surface area contributed by atoms with Gasteiger partial charge in [0, 0.05) is 7.11 Å². The Hall–Kier alpha value is -0.410. The molecule has 1 rings (SSSR count). The minimum Gasteiger partial charge on any atom is -0.377 e. The third kappa shape index (κ3) is 2.05. The minimum atomic E-state index is -0.325. The van der Waals surface area contributed by atoms with Gasteiger partial charge in [-0.15, -0.1) is 0 Å². The van der Waals surface area contributed by atoms with Crippen LogP contribution in [0.2, 0.25) is 0 Å². The molecule has 0 amide bonds. The molecule has 3 heteroatoms. The lowest BCUT2D eigenvalue weighted by atomic mass is 9.87. The molecule has 1 saturated heterocycles. The number of hydrogen-bond acceptors (Lipinski definition) is 3. The Bertz CT molecular complexity index is 162. The van der Waals surface area contributed by atoms with E-state index in [0.717, 1.165) is 19.4 Å². The molecule has 0 bridgehead atoms. The van der Waals surface area contributed by atoms with Crippen LogP contribution in [0.5, 0.6) is 0 Å². The fourth-order valence-corrected chi connectivity index (χ4v) is 1.58. The molecule has 1 heterocycles. The van der Waals surface area contributed by atoms with Crippen molar-refractivity contribution < 1.29 is 9.53 Å². The predicted molar refractivity (Wildman–Crippen MR) is 47.1 cm³/mol. The Morgan fingerprint density at radius 1 is 1.58 bits per heavy atom. The number of ether oxygens (including phenoxy) is 1. The molecule has 1 fully saturated rings. The first-order valence-corrected chi connectivity index (χ1v) is 4.46. The molecule has 1 unspecified atom stereocenters. The standard InChI is InChI=1S/C9H17NO2/c1-9(8(11)7-12-2)5-3-4-6-10-9/h10H,3-7H2,1-2H3. The molecule has 1 aliphatic heterocycles. The summed E-state index contributed by atoms with van der Waals surface area (Å²) in [5.41, 5.74) is -0.325. The Morgan fingerprint density at radius 2 is 2.33 bits per heavy atom. The largest absolute Gasteiger partial charge is 0.377 e. The van der Waals surface area contributed by atoms with Crippen molar-refractivity contribution in [3.05, 3.63) is 0 Å². The van der Waals surface area contributed by atoms with Crippen molar-refractivity contribution in [3.63, 3.8) is 0 Å². The SMILES string of the molecule is COCC(=O)C1(C)CCCCN1. The lowest BCUT2D eigenvalue weighted by molar-refractivity contribution is -0.129. The molecule has 3 nitrogen and oxygen atoms in total. The van der Waals surface area contributed by atoms with Crippen molar-refractivity contribution in [3.8, 4) is 0 Å². The first kappa shape index (κ1) is 9.68. The van der Waals surface area contributed by atoms with Crippen molar-refractivity contribution in [2.24, 2.45) is 0 Å². The summed E-state index contributed by atoms with van der Waals surface area (Å²) in [5.74, 6) is 0.171. The summed E-state index contributed by atoms with van der Waals surface area (Å²) in [6, 6.07) is 0. The molecular weight excluding hydrogens is 154 g/mol. The smallest absolute Gasteiger partial charge is 0.178 e. The summed E-state index contributed by atoms with van der Waals surface area (Å²) in [6.07, 6.45) is 3.25. The number of Topliss-reactive ketones (excluding diaryl/α,β-unsaturated/α-hetero) is 1. The topological polar surface area (TPSA) is 38.3 Å². The lowest BCUT2D eigenvalue weighted by Crippen LogP contribution is -2.53. The van der Waals surface area contributed by atoms with E-state index in [2.05, 4.69) is 5.32 Å². The molecule has 12 heavy (non-hydrogen) atoms. The molecule has 1 atom stereocenters. The number of carbonyl (C=O) groups is 1. The van der Waals surface area contributed by atoms with Crippen LogP contribution < -0.4 is 5.32 Å². The third-order valence-corrected chi connectivity index (χ3v) is 2.51. The van der Waals surface area contributed by atoms with E-state index in [1.807, 2.05) is 6.92 Å². The minimum absolute atomic E-state index is 0.171. The van der Waals surface area contributed by atoms with Gasteiger partial charge in [0.1, 0.15) is 6.61 Å². The van der Waals surface area contributed by atoms with Gasteiger partial charge in [-0.25, -0.2) is 0 Å². The normalized spacial score (nSPS) is 30.2. The Kier molecular flexibility index (Phi) is 3.23. The third-order valence-electron chi connectivity index (χ3n) is 2.51. The highest BCUT2D eigenvalue weighted by molar-refractivity contribution is 5.89. The van der Waals surface area contributed by atoms with Gasteiger partial charge in [-0.1, -0.05) is 0 Å². The maximum absolute atomic E-state index is 11.5. The van der Waals surface area contributed by atoms with Gasteiger partial charge in [0.15, 0.2) is 5.78 Å². The van der Waals surface area contributed by atoms with Crippen LogP contribution in [-0.2, 0) is 9.53 Å². The van der Waals surface area contributed by atoms with E-state index in [-0.39, 0.29) is 17.9 Å². The van der Waals surface area contributed by atoms with Gasteiger partial charge in [0.2, 0.25) is 0 Å². The van der Waals surface area contributed by atoms with E-state index in [1.54, 1.807) is 7.11 Å². The molecule has 0 aromatic rings. The Morgan fingerprint density at radius 3 is 2.83 bits per heavy atom. The van der Waals surface area contributed by atoms with Crippen molar-refractivity contribution in [1.29, 1.82) is 0 Å². The van der Waals surface area contributed by atoms with Crippen molar-refractivity contribution >= 4 is 5.78 Å². The van der Waals surface area contributed by atoms with Gasteiger partial charge in [0.05, 0.1) is 5.54 Å². The highest BCUT2D eigenvalue weighted by Crippen LogP contribution is 2.19. The van der Waals surface area contributed by atoms with Gasteiger partial charge in [-0.05, 0) is 32.7 Å². The highest BCUT2D eigenvalue weighted by Gasteiger charge is 2.33. The van der Waals surface area contributed by atoms with Crippen LogP contribution in [0.3, 0.4) is 0 Å². The second kappa shape index (κ2) is 4.01. The second-order valence-corrected chi connectivity index (χ2v) is 3.57. The van der Waals surface area contributed by atoms with Gasteiger partial charge < -0.3 is 10.1 Å². The summed E-state index contributed by atoms with van der Waals surface area (Å²) in [4.78, 5) is 11.5. The number of methoxy groups -OCH3 is 1. The fourth-order valence-electron chi connectivity index (χ4n) is 1.58. The number of hydrogen-bond donors (Lipinski definition) is 1. The molecule has 0 saturated carbocycles. The van der Waals surface area contributed by atoms with Crippen LogP contribution in [0.1, 0.15) is 26.2 Å². The summed E-state index contributed by atoms with van der Waals surface area (Å²) < 4.78 is 4.83. The first-order chi connectivity index (χ1) is 5.69. The van der Waals surface area contributed by atoms with Crippen molar-refractivity contribution in [1.82, 2.24) is 5.32 Å². The van der Waals surface area contributed by atoms with Crippen LogP contribution in [0.25, 0.3) is 0 Å². The van der Waals surface area contributed by atoms with E-state index in [0.29, 0.717) is 0 Å². The molecule has 0 aromatic carbocycles. The Labute approximate surface area is 73.5 Å². The van der Waals surface area contributed by atoms with E-state index < -0.39 is 0 Å². The van der Waals surface area contributed by atoms with Crippen LogP contribution in [0.4, 0.5) is 0 Å². The number of carbonyl (C=O) groups excluding carboxylic acids is 1. The molecular formula is C9H17NO2. The predicted octanol–water partition coefficient (Wildman–Crippen LogP) is 0.734. The van der Waals surface area contributed by atoms with Crippen molar-refractivity contribution in [2.75, 3.05) is 20.3 Å². The van der Waals surface area contributed by atoms with Crippen LogP contribution in [-0.4, -0.2) is 31.6 Å². The molecule has 70 valence electrons. The zero-order valence-corrected chi connectivity index (χ0v) is 7.85. The summed E-state index contributed by atoms with van der Waals surface area (Å²) in [5, 5.41) is 3.25. The number of rotatable bonds is 3. The summed E-state index contributed by atoms with van der Waals surface area (Å²) in [6.45, 7) is 3.14. The van der Waals surface area contributed by atoms with E-state index in [1.165, 1.54) is 6.42 Å². The molecule has 0 radical (unpaired) electrons. The lowest BCUT2D eigenvalue weighted by Gasteiger charge is -2.33. The fraction of sp³-hybridized carbons (Fsp3) is 0.889. The molecule has 0 aromatic heterocycles. The molecule has 0 spiro atoms. The molecule has 1 aliphatic rings. The summed E-state index contributed by atoms with van der Waals surface area (Å²) >= 11 is 0. The van der Waals surface area contributed by atoms with E-state index >= 15 is 0 Å². The zero-order valence-electron chi connectivity index (χ0n) is 7.85. The molecule has 1 N–H and O–H groups in total. The second-order valence-electron chi connectivity index (χ2n) is 3.57. The maximum atomic E-state index is 11.5. The van der Waals surface area contributed by atoms with E-state index in [9.17, 15) is 4.79 Å². The van der Waals surface area contributed by atoms with Crippen molar-refractivity contribution in [2.45, 2.75) is 31.7 Å². The Balaban J connectivity index is 2.50. The van der Waals surface area contributed by atoms with Crippen LogP contribution >= 0.6 is 0 Å². The maximum Gasteiger partial charge on any atom is 0.178 e. The van der Waals surface area contributed by atoms with Gasteiger partial charge in [0.25, 0.3) is 0 Å². The average molecular weight is 171 g/mol. The number of ketones is 1. The van der Waals surface area contributed by atoms with Gasteiger partial charge in [-0.2, -0.15) is 0 Å². The first-order valence-electron chi connectivity index (χ1n) is 4.46. The highest BCUT2D eigenvalue weighted by atomic mass is 16.5. The molecule has 0 aliphatic carbocycles. The number of piperidine rings is 1. The van der Waals surface area contributed by atoms with E-state index in [4.69, 9.17) is 4.74 Å². The van der Waals surface area contributed by atoms with Gasteiger partial charge in [-0.3, -0.25) is 4.79 Å². The number of nitrogens with one attached hydrogen (secondary N) is 1. The zero-order chi connectivity index (χ0) is 9.03. The average Bonchev–Trinajstić information content (AvgIpc) is 2.06. The van der Waals surface area contributed by atoms with Crippen LogP contribution in [0.15, 0.2) is 0 Å². The van der Waals surface area contributed by atoms with Crippen LogP contribution in [0, 0.1) is 0 Å². The summed E-state index contributed by atoms with van der Waals surface area (Å²) in [7, 11) is 1.56. The monoisotopic (exact) mass is 171 g/mol. The van der Waals surface area contributed by atoms with Gasteiger partial charge >= 0.3 is 0 Å². The quantitative estimate of drug-likeness (QED) is 0.680.